The molecule has 26 heavy (non-hydrogen) atoms. The number of rotatable bonds is 5. The van der Waals surface area contributed by atoms with E-state index >= 15 is 0 Å². The number of ketones is 1. The fourth-order valence-electron chi connectivity index (χ4n) is 2.43. The van der Waals surface area contributed by atoms with Gasteiger partial charge in [0, 0.05) is 17.7 Å². The second kappa shape index (κ2) is 6.98. The number of benzene rings is 2. The monoisotopic (exact) mass is 347 g/mol. The highest BCUT2D eigenvalue weighted by molar-refractivity contribution is 6.28. The summed E-state index contributed by atoms with van der Waals surface area (Å²) < 4.78 is 0. The molecule has 0 bridgehead atoms. The molecule has 128 valence electrons. The number of nitrogens with zero attached hydrogens (tertiary/aromatic N) is 1. The molecular weight excluding hydrogens is 334 g/mol. The average Bonchev–Trinajstić information content (AvgIpc) is 2.98. The van der Waals surface area contributed by atoms with Gasteiger partial charge in [-0.15, -0.1) is 0 Å². The fraction of sp³-hybridized carbons (Fsp3) is 0. The summed E-state index contributed by atoms with van der Waals surface area (Å²) in [5.74, 6) is -2.10. The molecule has 1 aliphatic heterocycles. The number of amides is 2. The van der Waals surface area contributed by atoms with E-state index in [0.29, 0.717) is 16.8 Å². The molecule has 0 saturated heterocycles. The Bertz CT molecular complexity index is 935. The van der Waals surface area contributed by atoms with Gasteiger partial charge in [-0.1, -0.05) is 18.2 Å². The van der Waals surface area contributed by atoms with Gasteiger partial charge in [0.25, 0.3) is 11.8 Å². The summed E-state index contributed by atoms with van der Waals surface area (Å²) >= 11 is 0. The molecule has 0 unspecified atom stereocenters. The number of aromatic carboxylic acids is 1. The zero-order valence-corrected chi connectivity index (χ0v) is 13.5. The second-order valence-corrected chi connectivity index (χ2v) is 5.52. The van der Waals surface area contributed by atoms with E-state index < -0.39 is 17.8 Å². The molecule has 1 heterocycles. The first-order chi connectivity index (χ1) is 12.5. The number of anilines is 1. The van der Waals surface area contributed by atoms with E-state index in [4.69, 9.17) is 5.11 Å². The lowest BCUT2D eigenvalue weighted by Gasteiger charge is -2.13. The molecule has 1 aliphatic rings. The molecule has 6 nitrogen and oxygen atoms in total. The van der Waals surface area contributed by atoms with Crippen LogP contribution >= 0.6 is 0 Å². The van der Waals surface area contributed by atoms with Gasteiger partial charge in [0.1, 0.15) is 0 Å². The molecule has 0 atom stereocenters. The van der Waals surface area contributed by atoms with E-state index in [-0.39, 0.29) is 11.3 Å². The van der Waals surface area contributed by atoms with Crippen LogP contribution in [0.1, 0.15) is 26.3 Å². The number of carbonyl (C=O) groups is 4. The maximum atomic E-state index is 12.2. The Morgan fingerprint density at radius 3 is 1.88 bits per heavy atom. The molecule has 1 N–H and O–H groups in total. The summed E-state index contributed by atoms with van der Waals surface area (Å²) in [5, 5.41) is 8.85. The summed E-state index contributed by atoms with van der Waals surface area (Å²) in [6, 6.07) is 12.3. The van der Waals surface area contributed by atoms with E-state index in [1.807, 2.05) is 0 Å². The van der Waals surface area contributed by atoms with Gasteiger partial charge in [0.15, 0.2) is 5.78 Å². The lowest BCUT2D eigenvalue weighted by Crippen LogP contribution is -2.29. The zero-order chi connectivity index (χ0) is 18.7. The lowest BCUT2D eigenvalue weighted by molar-refractivity contribution is -0.119. The first-order valence-electron chi connectivity index (χ1n) is 7.68. The summed E-state index contributed by atoms with van der Waals surface area (Å²) in [6.07, 6.45) is 5.34. The van der Waals surface area contributed by atoms with Crippen LogP contribution in [0, 0.1) is 0 Å². The molecular formula is C20H13NO5. The Morgan fingerprint density at radius 2 is 1.35 bits per heavy atom. The molecule has 2 aromatic rings. The Kier molecular flexibility index (Phi) is 4.57. The zero-order valence-electron chi connectivity index (χ0n) is 13.5. The second-order valence-electron chi connectivity index (χ2n) is 5.52. The van der Waals surface area contributed by atoms with E-state index in [2.05, 4.69) is 0 Å². The Morgan fingerprint density at radius 1 is 0.808 bits per heavy atom. The van der Waals surface area contributed by atoms with Crippen molar-refractivity contribution in [2.45, 2.75) is 0 Å². The third-order valence-corrected chi connectivity index (χ3v) is 3.80. The largest absolute Gasteiger partial charge is 0.478 e. The topological polar surface area (TPSA) is 91.8 Å². The highest BCUT2D eigenvalue weighted by atomic mass is 16.4. The molecule has 0 saturated carbocycles. The van der Waals surface area contributed by atoms with Crippen molar-refractivity contribution in [2.24, 2.45) is 0 Å². The van der Waals surface area contributed by atoms with Crippen molar-refractivity contribution in [1.82, 2.24) is 0 Å². The third-order valence-electron chi connectivity index (χ3n) is 3.80. The predicted octanol–water partition coefficient (Wildman–Crippen LogP) is 2.71. The van der Waals surface area contributed by atoms with Crippen LogP contribution in [0.3, 0.4) is 0 Å². The number of carboxylic acid groups (broad SMARTS) is 1. The molecule has 0 aliphatic carbocycles. The molecule has 0 fully saturated rings. The first-order valence-corrected chi connectivity index (χ1v) is 7.68. The van der Waals surface area contributed by atoms with Crippen LogP contribution < -0.4 is 4.90 Å². The van der Waals surface area contributed by atoms with Gasteiger partial charge in [-0.3, -0.25) is 14.4 Å². The van der Waals surface area contributed by atoms with Gasteiger partial charge in [0.2, 0.25) is 0 Å². The van der Waals surface area contributed by atoms with Crippen molar-refractivity contribution in [3.8, 4) is 0 Å². The number of hydrogen-bond acceptors (Lipinski definition) is 4. The van der Waals surface area contributed by atoms with Gasteiger partial charge in [0.05, 0.1) is 11.3 Å². The highest BCUT2D eigenvalue weighted by Gasteiger charge is 2.24. The van der Waals surface area contributed by atoms with Crippen LogP contribution in [0.15, 0.2) is 66.8 Å². The molecule has 6 heteroatoms. The summed E-state index contributed by atoms with van der Waals surface area (Å²) in [4.78, 5) is 47.3. The van der Waals surface area contributed by atoms with Crippen molar-refractivity contribution in [2.75, 3.05) is 4.90 Å². The fourth-order valence-corrected chi connectivity index (χ4v) is 2.43. The minimum atomic E-state index is -1.01. The maximum Gasteiger partial charge on any atom is 0.335 e. The summed E-state index contributed by atoms with van der Waals surface area (Å²) in [6.45, 7) is 0. The third kappa shape index (κ3) is 3.49. The normalized spacial score (nSPS) is 13.6. The predicted molar refractivity (Wildman–Crippen MR) is 94.8 cm³/mol. The van der Waals surface area contributed by atoms with Crippen molar-refractivity contribution in [3.63, 3.8) is 0 Å². The Labute approximate surface area is 148 Å². The number of imide groups is 1. The number of carboxylic acids is 1. The van der Waals surface area contributed by atoms with E-state index in [1.165, 1.54) is 54.6 Å². The van der Waals surface area contributed by atoms with Crippen molar-refractivity contribution in [3.05, 3.63) is 83.4 Å². The van der Waals surface area contributed by atoms with Crippen molar-refractivity contribution >= 4 is 35.3 Å². The van der Waals surface area contributed by atoms with Crippen LogP contribution in [-0.4, -0.2) is 28.7 Å². The van der Waals surface area contributed by atoms with Crippen molar-refractivity contribution < 1.29 is 24.3 Å². The summed E-state index contributed by atoms with van der Waals surface area (Å²) in [5.41, 5.74) is 1.66. The van der Waals surface area contributed by atoms with Crippen molar-refractivity contribution in [1.29, 1.82) is 0 Å². The highest BCUT2D eigenvalue weighted by Crippen LogP contribution is 2.20. The molecule has 2 aromatic carbocycles. The van der Waals surface area contributed by atoms with E-state index in [9.17, 15) is 19.2 Å². The Balaban J connectivity index is 1.71. The minimum Gasteiger partial charge on any atom is -0.478 e. The average molecular weight is 347 g/mol. The Hall–Kier alpha value is -3.80. The first kappa shape index (κ1) is 17.0. The van der Waals surface area contributed by atoms with Crippen LogP contribution in [0.25, 0.3) is 6.08 Å². The van der Waals surface area contributed by atoms with Gasteiger partial charge in [-0.25, -0.2) is 9.69 Å². The van der Waals surface area contributed by atoms with E-state index in [1.54, 1.807) is 18.2 Å². The number of hydrogen-bond donors (Lipinski definition) is 1. The molecule has 0 aromatic heterocycles. The van der Waals surface area contributed by atoms with Crippen LogP contribution in [-0.2, 0) is 9.59 Å². The van der Waals surface area contributed by atoms with Gasteiger partial charge in [-0.05, 0) is 48.0 Å². The maximum absolute atomic E-state index is 12.2. The number of allylic oxidation sites excluding steroid dienone is 1. The van der Waals surface area contributed by atoms with E-state index in [0.717, 1.165) is 4.90 Å². The SMILES string of the molecule is O=C(O)c1ccc(/C=C/C(=O)c2ccc(N3C(=O)C=CC3=O)cc2)cc1. The van der Waals surface area contributed by atoms with Crippen LogP contribution in [0.4, 0.5) is 5.69 Å². The number of carbonyl (C=O) groups excluding carboxylic acids is 3. The molecule has 2 amide bonds. The molecule has 3 rings (SSSR count). The molecule has 0 radical (unpaired) electrons. The quantitative estimate of drug-likeness (QED) is 0.510. The lowest BCUT2D eigenvalue weighted by atomic mass is 10.1. The van der Waals surface area contributed by atoms with Crippen LogP contribution in [0.5, 0.6) is 0 Å². The van der Waals surface area contributed by atoms with Gasteiger partial charge >= 0.3 is 5.97 Å². The van der Waals surface area contributed by atoms with Gasteiger partial charge < -0.3 is 5.11 Å². The summed E-state index contributed by atoms with van der Waals surface area (Å²) in [7, 11) is 0. The van der Waals surface area contributed by atoms with Crippen LogP contribution in [0.2, 0.25) is 0 Å². The standard InChI is InChI=1S/C20H13NO5/c22-17(10-3-13-1-4-15(5-2-13)20(25)26)14-6-8-16(9-7-14)21-18(23)11-12-19(21)24/h1-12H,(H,25,26)/b10-3+. The molecule has 0 spiro atoms. The van der Waals surface area contributed by atoms with Gasteiger partial charge in [-0.2, -0.15) is 0 Å². The minimum absolute atomic E-state index is 0.171. The smallest absolute Gasteiger partial charge is 0.335 e.